The van der Waals surface area contributed by atoms with Gasteiger partial charge in [0.1, 0.15) is 5.82 Å². The lowest BCUT2D eigenvalue weighted by Gasteiger charge is -2.35. The van der Waals surface area contributed by atoms with Crippen LogP contribution < -0.4 is 10.2 Å². The monoisotopic (exact) mass is 519 g/mol. The molecule has 0 radical (unpaired) electrons. The van der Waals surface area contributed by atoms with Crippen LogP contribution in [0.25, 0.3) is 33.3 Å². The van der Waals surface area contributed by atoms with Crippen molar-refractivity contribution in [3.05, 3.63) is 71.9 Å². The fourth-order valence-electron chi connectivity index (χ4n) is 4.74. The van der Waals surface area contributed by atoms with Crippen molar-refractivity contribution in [3.63, 3.8) is 0 Å². The third-order valence-corrected chi connectivity index (χ3v) is 6.86. The maximum absolute atomic E-state index is 13.9. The Hall–Kier alpha value is -4.38. The summed E-state index contributed by atoms with van der Waals surface area (Å²) in [4.78, 5) is 24.6. The van der Waals surface area contributed by atoms with E-state index in [1.807, 2.05) is 25.2 Å². The van der Waals surface area contributed by atoms with E-state index in [1.54, 1.807) is 29.3 Å². The van der Waals surface area contributed by atoms with Crippen LogP contribution in [0.1, 0.15) is 15.9 Å². The van der Waals surface area contributed by atoms with Gasteiger partial charge in [-0.2, -0.15) is 18.3 Å². The number of aromatic nitrogens is 4. The van der Waals surface area contributed by atoms with Crippen molar-refractivity contribution < 1.29 is 18.0 Å². The average Bonchev–Trinajstić information content (AvgIpc) is 3.54. The molecule has 0 aliphatic carbocycles. The molecule has 8 nitrogen and oxygen atoms in total. The lowest BCUT2D eigenvalue weighted by atomic mass is 10.1. The van der Waals surface area contributed by atoms with Gasteiger partial charge in [0.25, 0.3) is 5.91 Å². The summed E-state index contributed by atoms with van der Waals surface area (Å²) in [6.45, 7) is 2.34. The highest BCUT2D eigenvalue weighted by Crippen LogP contribution is 2.38. The van der Waals surface area contributed by atoms with Gasteiger partial charge in [-0.3, -0.25) is 9.89 Å². The van der Waals surface area contributed by atoms with E-state index in [-0.39, 0.29) is 11.3 Å². The van der Waals surface area contributed by atoms with E-state index in [2.05, 4.69) is 30.4 Å². The van der Waals surface area contributed by atoms with E-state index >= 15 is 0 Å². The quantitative estimate of drug-likeness (QED) is 0.306. The van der Waals surface area contributed by atoms with E-state index in [9.17, 15) is 18.0 Å². The summed E-state index contributed by atoms with van der Waals surface area (Å²) in [5.74, 6) is 0.0227. The third kappa shape index (κ3) is 4.56. The fourth-order valence-corrected chi connectivity index (χ4v) is 4.74. The molecule has 194 valence electrons. The second kappa shape index (κ2) is 9.18. The van der Waals surface area contributed by atoms with Gasteiger partial charge in [0.05, 0.1) is 28.3 Å². The first-order valence-electron chi connectivity index (χ1n) is 12.1. The SMILES string of the molecule is CN1CCN(c2ccc(C(=O)Nc3ccc4[nH]c(-c5ccc6cn[nH]c6c5)nc4c3)cc2C(F)(F)F)CC1. The Balaban J connectivity index is 1.25. The van der Waals surface area contributed by atoms with E-state index in [1.165, 1.54) is 12.1 Å². The molecule has 6 rings (SSSR count). The highest BCUT2D eigenvalue weighted by molar-refractivity contribution is 6.05. The number of hydrogen-bond acceptors (Lipinski definition) is 5. The van der Waals surface area contributed by atoms with Gasteiger partial charge >= 0.3 is 6.18 Å². The highest BCUT2D eigenvalue weighted by Gasteiger charge is 2.36. The molecular formula is C27H24F3N7O. The number of nitrogens with zero attached hydrogens (tertiary/aromatic N) is 4. The number of imidazole rings is 1. The van der Waals surface area contributed by atoms with Crippen molar-refractivity contribution >= 4 is 39.2 Å². The molecule has 0 bridgehead atoms. The molecule has 1 amide bonds. The van der Waals surface area contributed by atoms with Crippen LogP contribution in [0.5, 0.6) is 0 Å². The lowest BCUT2D eigenvalue weighted by molar-refractivity contribution is -0.137. The molecule has 0 unspecified atom stereocenters. The second-order valence-electron chi connectivity index (χ2n) is 9.46. The normalized spacial score (nSPS) is 14.9. The number of halogens is 3. The number of fused-ring (bicyclic) bond motifs is 2. The molecule has 38 heavy (non-hydrogen) atoms. The smallest absolute Gasteiger partial charge is 0.368 e. The number of piperazine rings is 1. The molecular weight excluding hydrogens is 495 g/mol. The van der Waals surface area contributed by atoms with E-state index < -0.39 is 17.6 Å². The van der Waals surface area contributed by atoms with Gasteiger partial charge < -0.3 is 20.1 Å². The standard InChI is InChI=1S/C27H24F3N7O/c1-36-8-10-37(11-9-36)24-7-4-17(12-20(24)27(28,29)30)26(38)32-19-5-6-21-23(14-19)34-25(33-21)16-2-3-18-15-31-35-22(18)13-16/h2-7,12-15H,8-11H2,1H3,(H,31,35)(H,32,38)(H,33,34). The molecule has 1 fully saturated rings. The zero-order valence-electron chi connectivity index (χ0n) is 20.4. The van der Waals surface area contributed by atoms with Gasteiger partial charge in [0, 0.05) is 54.1 Å². The highest BCUT2D eigenvalue weighted by atomic mass is 19.4. The first kappa shape index (κ1) is 24.0. The van der Waals surface area contributed by atoms with Crippen molar-refractivity contribution in [3.8, 4) is 11.4 Å². The predicted molar refractivity (Wildman–Crippen MR) is 140 cm³/mol. The number of likely N-dealkylation sites (N-methyl/N-ethyl adjacent to an activating group) is 1. The summed E-state index contributed by atoms with van der Waals surface area (Å²) in [7, 11) is 1.94. The number of nitrogens with one attached hydrogen (secondary N) is 3. The predicted octanol–water partition coefficient (Wildman–Crippen LogP) is 5.13. The van der Waals surface area contributed by atoms with Gasteiger partial charge in [-0.25, -0.2) is 4.98 Å². The zero-order chi connectivity index (χ0) is 26.4. The number of hydrogen-bond donors (Lipinski definition) is 3. The number of amides is 1. The van der Waals surface area contributed by atoms with Crippen LogP contribution in [-0.2, 0) is 6.18 Å². The van der Waals surface area contributed by atoms with Crippen molar-refractivity contribution in [1.29, 1.82) is 0 Å². The summed E-state index contributed by atoms with van der Waals surface area (Å²) in [6.07, 6.45) is -2.84. The minimum Gasteiger partial charge on any atom is -0.368 e. The van der Waals surface area contributed by atoms with E-state index in [0.29, 0.717) is 43.2 Å². The Morgan fingerprint density at radius 3 is 2.58 bits per heavy atom. The van der Waals surface area contributed by atoms with Crippen LogP contribution in [0.3, 0.4) is 0 Å². The molecule has 0 atom stereocenters. The maximum atomic E-state index is 13.9. The van der Waals surface area contributed by atoms with Crippen LogP contribution in [0.15, 0.2) is 60.8 Å². The number of aromatic amines is 2. The van der Waals surface area contributed by atoms with Gasteiger partial charge in [-0.15, -0.1) is 0 Å². The largest absolute Gasteiger partial charge is 0.418 e. The van der Waals surface area contributed by atoms with Gasteiger partial charge in [-0.1, -0.05) is 12.1 Å². The molecule has 11 heteroatoms. The molecule has 2 aromatic heterocycles. The van der Waals surface area contributed by atoms with Crippen LogP contribution >= 0.6 is 0 Å². The third-order valence-electron chi connectivity index (χ3n) is 6.86. The van der Waals surface area contributed by atoms with Crippen LogP contribution in [0.2, 0.25) is 0 Å². The van der Waals surface area contributed by atoms with Gasteiger partial charge in [-0.05, 0) is 49.5 Å². The number of benzene rings is 3. The zero-order valence-corrected chi connectivity index (χ0v) is 20.4. The Labute approximate surface area is 215 Å². The molecule has 1 aliphatic heterocycles. The van der Waals surface area contributed by atoms with Gasteiger partial charge in [0.15, 0.2) is 0 Å². The number of rotatable bonds is 4. The summed E-state index contributed by atoms with van der Waals surface area (Å²) in [5, 5.41) is 10.7. The molecule has 1 saturated heterocycles. The molecule has 5 aromatic rings. The van der Waals surface area contributed by atoms with Crippen molar-refractivity contribution in [2.24, 2.45) is 0 Å². The first-order valence-corrected chi connectivity index (χ1v) is 12.1. The Kier molecular flexibility index (Phi) is 5.79. The molecule has 3 heterocycles. The van der Waals surface area contributed by atoms with Crippen LogP contribution in [0, 0.1) is 0 Å². The number of anilines is 2. The Morgan fingerprint density at radius 1 is 0.974 bits per heavy atom. The Bertz CT molecular complexity index is 1650. The van der Waals surface area contributed by atoms with Crippen molar-refractivity contribution in [2.45, 2.75) is 6.18 Å². The number of H-pyrrole nitrogens is 2. The molecule has 1 aliphatic rings. The fraction of sp³-hybridized carbons (Fsp3) is 0.222. The summed E-state index contributed by atoms with van der Waals surface area (Å²) in [5.41, 5.74) is 2.78. The number of carbonyl (C=O) groups is 1. The Morgan fingerprint density at radius 2 is 1.79 bits per heavy atom. The van der Waals surface area contributed by atoms with Gasteiger partial charge in [0.2, 0.25) is 0 Å². The molecule has 0 saturated carbocycles. The number of carbonyl (C=O) groups excluding carboxylic acids is 1. The van der Waals surface area contributed by atoms with Crippen molar-refractivity contribution in [2.75, 3.05) is 43.4 Å². The second-order valence-corrected chi connectivity index (χ2v) is 9.46. The summed E-state index contributed by atoms with van der Waals surface area (Å²) < 4.78 is 41.8. The first-order chi connectivity index (χ1) is 18.2. The van der Waals surface area contributed by atoms with Crippen molar-refractivity contribution in [1.82, 2.24) is 25.1 Å². The maximum Gasteiger partial charge on any atom is 0.418 e. The minimum atomic E-state index is -4.58. The van der Waals surface area contributed by atoms with Crippen LogP contribution in [-0.4, -0.2) is 64.2 Å². The molecule has 0 spiro atoms. The molecule has 3 N–H and O–H groups in total. The minimum absolute atomic E-state index is 0.0640. The lowest BCUT2D eigenvalue weighted by Crippen LogP contribution is -2.45. The number of alkyl halides is 3. The van der Waals surface area contributed by atoms with E-state index in [4.69, 9.17) is 0 Å². The molecule has 3 aromatic carbocycles. The summed E-state index contributed by atoms with van der Waals surface area (Å²) >= 11 is 0. The van der Waals surface area contributed by atoms with Crippen LogP contribution in [0.4, 0.5) is 24.5 Å². The average molecular weight is 520 g/mol. The summed E-state index contributed by atoms with van der Waals surface area (Å²) in [6, 6.07) is 14.7. The van der Waals surface area contributed by atoms with E-state index in [0.717, 1.165) is 28.0 Å². The topological polar surface area (TPSA) is 92.9 Å².